The first-order valence-electron chi connectivity index (χ1n) is 9.05. The number of carbonyl (C=O) groups excluding carboxylic acids is 2. The molecule has 4 heterocycles. The van der Waals surface area contributed by atoms with Crippen LogP contribution in [0.3, 0.4) is 0 Å². The highest BCUT2D eigenvalue weighted by Gasteiger charge is 2.35. The number of rotatable bonds is 2. The fourth-order valence-corrected chi connectivity index (χ4v) is 5.56. The van der Waals surface area contributed by atoms with Gasteiger partial charge in [0.15, 0.2) is 5.60 Å². The van der Waals surface area contributed by atoms with Crippen molar-refractivity contribution in [1.29, 1.82) is 0 Å². The molecule has 0 saturated carbocycles. The highest BCUT2D eigenvalue weighted by molar-refractivity contribution is 7.99. The van der Waals surface area contributed by atoms with Gasteiger partial charge in [-0.1, -0.05) is 11.8 Å². The summed E-state index contributed by atoms with van der Waals surface area (Å²) in [6.45, 7) is 4.20. The number of fused-ring (bicyclic) bond motifs is 1. The first kappa shape index (κ1) is 20.1. The van der Waals surface area contributed by atoms with E-state index < -0.39 is 11.6 Å². The third-order valence-corrected chi connectivity index (χ3v) is 7.53. The molecule has 1 fully saturated rings. The first-order chi connectivity index (χ1) is 13.8. The van der Waals surface area contributed by atoms with Gasteiger partial charge in [0, 0.05) is 29.8 Å². The Morgan fingerprint density at radius 3 is 2.76 bits per heavy atom. The Labute approximate surface area is 176 Å². The minimum absolute atomic E-state index is 0.187. The molecule has 3 aliphatic heterocycles. The first-order valence-corrected chi connectivity index (χ1v) is 10.9. The zero-order chi connectivity index (χ0) is 20.8. The molecule has 1 aromatic heterocycles. The van der Waals surface area contributed by atoms with Crippen LogP contribution in [-0.4, -0.2) is 66.0 Å². The summed E-state index contributed by atoms with van der Waals surface area (Å²) in [5.74, 6) is 5.78. The predicted octanol–water partition coefficient (Wildman–Crippen LogP) is 0.943. The van der Waals surface area contributed by atoms with Crippen LogP contribution in [0.1, 0.15) is 23.8 Å². The van der Waals surface area contributed by atoms with Crippen molar-refractivity contribution in [1.82, 2.24) is 5.32 Å². The number of hydrogen-bond acceptors (Lipinski definition) is 8. The Balaban J connectivity index is 1.51. The number of nitrogens with zero attached hydrogens (tertiary/aromatic N) is 3. The molecule has 4 rings (SSSR count). The van der Waals surface area contributed by atoms with Crippen molar-refractivity contribution >= 4 is 51.3 Å². The van der Waals surface area contributed by atoms with Gasteiger partial charge in [-0.05, 0) is 19.4 Å². The van der Waals surface area contributed by atoms with Gasteiger partial charge in [0.05, 0.1) is 18.1 Å². The van der Waals surface area contributed by atoms with Crippen LogP contribution in [-0.2, 0) is 14.3 Å². The van der Waals surface area contributed by atoms with E-state index in [1.165, 1.54) is 23.1 Å². The Hall–Kier alpha value is -2.19. The summed E-state index contributed by atoms with van der Waals surface area (Å²) in [5, 5.41) is 21.5. The van der Waals surface area contributed by atoms with E-state index in [1.54, 1.807) is 11.9 Å². The largest absolute Gasteiger partial charge is 0.373 e. The van der Waals surface area contributed by atoms with Gasteiger partial charge in [-0.3, -0.25) is 9.59 Å². The summed E-state index contributed by atoms with van der Waals surface area (Å²) in [5.41, 5.74) is 0.998. The molecule has 3 aliphatic rings. The SMILES string of the molecule is CC1=NN=C(C(=O)N[C@H]2CSc3c(sc(C#CC4(O)COC4)c3C)N(C)C2=O)C1. The fourth-order valence-electron chi connectivity index (χ4n) is 3.03. The van der Waals surface area contributed by atoms with Gasteiger partial charge in [-0.15, -0.1) is 28.2 Å². The molecule has 0 bridgehead atoms. The molecule has 2 amide bonds. The molecule has 1 atom stereocenters. The number of amides is 2. The molecular formula is C19H20N4O4S2. The van der Waals surface area contributed by atoms with Crippen molar-refractivity contribution in [2.24, 2.45) is 10.2 Å². The van der Waals surface area contributed by atoms with Gasteiger partial charge in [0.1, 0.15) is 16.8 Å². The third-order valence-electron chi connectivity index (χ3n) is 4.82. The number of aliphatic hydroxyl groups is 1. The minimum atomic E-state index is -1.08. The Kier molecular flexibility index (Phi) is 5.25. The number of likely N-dealkylation sites (N-methyl/N-ethyl adjacent to an activating group) is 1. The van der Waals surface area contributed by atoms with Crippen molar-refractivity contribution in [2.45, 2.75) is 36.8 Å². The van der Waals surface area contributed by atoms with Crippen molar-refractivity contribution < 1.29 is 19.4 Å². The molecular weight excluding hydrogens is 412 g/mol. The van der Waals surface area contributed by atoms with E-state index in [0.717, 1.165) is 26.0 Å². The fraction of sp³-hybridized carbons (Fsp3) is 0.474. The molecule has 1 aromatic rings. The normalized spacial score (nSPS) is 22.6. The summed E-state index contributed by atoms with van der Waals surface area (Å²) >= 11 is 2.93. The maximum Gasteiger partial charge on any atom is 0.268 e. The van der Waals surface area contributed by atoms with E-state index in [9.17, 15) is 14.7 Å². The summed E-state index contributed by atoms with van der Waals surface area (Å²) in [6.07, 6.45) is 0.404. The quantitative estimate of drug-likeness (QED) is 0.677. The van der Waals surface area contributed by atoms with Crippen LogP contribution < -0.4 is 10.2 Å². The van der Waals surface area contributed by atoms with Gasteiger partial charge in [-0.2, -0.15) is 5.10 Å². The highest BCUT2D eigenvalue weighted by atomic mass is 32.2. The standard InChI is InChI=1S/C19H20N4O4S2/c1-10-6-12(22-21-10)16(24)20-13-7-28-15-11(2)14(4-5-19(26)8-27-9-19)29-18(15)23(3)17(13)25/h13,26H,6-9H2,1-3H3,(H,20,24)/t13-/m0/s1. The van der Waals surface area contributed by atoms with E-state index in [0.29, 0.717) is 17.9 Å². The second-order valence-corrected chi connectivity index (χ2v) is 9.29. The predicted molar refractivity (Wildman–Crippen MR) is 113 cm³/mol. The molecule has 152 valence electrons. The van der Waals surface area contributed by atoms with Gasteiger partial charge >= 0.3 is 0 Å². The van der Waals surface area contributed by atoms with Crippen molar-refractivity contribution in [3.8, 4) is 11.8 Å². The molecule has 29 heavy (non-hydrogen) atoms. The zero-order valence-corrected chi connectivity index (χ0v) is 17.9. The number of thioether (sulfide) groups is 1. The molecule has 2 N–H and O–H groups in total. The summed E-state index contributed by atoms with van der Waals surface area (Å²) < 4.78 is 5.02. The number of carbonyl (C=O) groups is 2. The van der Waals surface area contributed by atoms with Crippen molar-refractivity contribution in [2.75, 3.05) is 30.9 Å². The van der Waals surface area contributed by atoms with Crippen LogP contribution in [0.5, 0.6) is 0 Å². The van der Waals surface area contributed by atoms with Gasteiger partial charge in [-0.25, -0.2) is 0 Å². The molecule has 1 saturated heterocycles. The lowest BCUT2D eigenvalue weighted by atomic mass is 10.0. The van der Waals surface area contributed by atoms with E-state index in [1.807, 2.05) is 13.8 Å². The number of anilines is 1. The molecule has 0 spiro atoms. The Morgan fingerprint density at radius 2 is 2.14 bits per heavy atom. The second kappa shape index (κ2) is 7.57. The number of hydrogen-bond donors (Lipinski definition) is 2. The van der Waals surface area contributed by atoms with E-state index in [2.05, 4.69) is 27.4 Å². The number of ether oxygens (including phenoxy) is 1. The van der Waals surface area contributed by atoms with Crippen LogP contribution in [0.2, 0.25) is 0 Å². The van der Waals surface area contributed by atoms with Crippen molar-refractivity contribution in [3.05, 3.63) is 10.4 Å². The smallest absolute Gasteiger partial charge is 0.268 e. The van der Waals surface area contributed by atoms with Crippen LogP contribution in [0.25, 0.3) is 0 Å². The van der Waals surface area contributed by atoms with Gasteiger partial charge < -0.3 is 20.1 Å². The molecule has 0 unspecified atom stereocenters. The average molecular weight is 433 g/mol. The second-order valence-electron chi connectivity index (χ2n) is 7.26. The van der Waals surface area contributed by atoms with E-state index >= 15 is 0 Å². The molecule has 0 aliphatic carbocycles. The zero-order valence-electron chi connectivity index (χ0n) is 16.2. The summed E-state index contributed by atoms with van der Waals surface area (Å²) in [6, 6.07) is -0.650. The summed E-state index contributed by atoms with van der Waals surface area (Å²) in [7, 11) is 1.70. The third kappa shape index (κ3) is 3.83. The minimum Gasteiger partial charge on any atom is -0.373 e. The lowest BCUT2D eigenvalue weighted by Gasteiger charge is -2.30. The van der Waals surface area contributed by atoms with Gasteiger partial charge in [0.2, 0.25) is 0 Å². The molecule has 10 heteroatoms. The lowest BCUT2D eigenvalue weighted by Crippen LogP contribution is -2.49. The molecule has 0 aromatic carbocycles. The monoisotopic (exact) mass is 432 g/mol. The van der Waals surface area contributed by atoms with E-state index in [4.69, 9.17) is 4.74 Å². The van der Waals surface area contributed by atoms with Crippen LogP contribution in [0, 0.1) is 18.8 Å². The average Bonchev–Trinajstić information content (AvgIpc) is 3.21. The Bertz CT molecular complexity index is 1010. The maximum atomic E-state index is 13.0. The highest BCUT2D eigenvalue weighted by Crippen LogP contribution is 2.44. The Morgan fingerprint density at radius 1 is 1.38 bits per heavy atom. The topological polar surface area (TPSA) is 104 Å². The molecule has 8 nitrogen and oxygen atoms in total. The van der Waals surface area contributed by atoms with Crippen LogP contribution >= 0.6 is 23.1 Å². The van der Waals surface area contributed by atoms with Crippen molar-refractivity contribution in [3.63, 3.8) is 0 Å². The van der Waals surface area contributed by atoms with Gasteiger partial charge in [0.25, 0.3) is 11.8 Å². The lowest BCUT2D eigenvalue weighted by molar-refractivity contribution is -0.140. The number of thiophene rings is 1. The summed E-state index contributed by atoms with van der Waals surface area (Å²) in [4.78, 5) is 28.7. The molecule has 0 radical (unpaired) electrons. The maximum absolute atomic E-state index is 13.0. The number of nitrogens with one attached hydrogen (secondary N) is 1. The van der Waals surface area contributed by atoms with Crippen LogP contribution in [0.4, 0.5) is 5.00 Å². The van der Waals surface area contributed by atoms with E-state index in [-0.39, 0.29) is 25.0 Å². The van der Waals surface area contributed by atoms with Crippen LogP contribution in [0.15, 0.2) is 15.1 Å².